The molecule has 0 atom stereocenters. The Labute approximate surface area is 76.3 Å². The van der Waals surface area contributed by atoms with Crippen molar-refractivity contribution in [2.24, 2.45) is 0 Å². The van der Waals surface area contributed by atoms with Gasteiger partial charge in [-0.3, -0.25) is 0 Å². The lowest BCUT2D eigenvalue weighted by Crippen LogP contribution is -2.05. The molecule has 0 heterocycles. The van der Waals surface area contributed by atoms with Crippen LogP contribution in [0.3, 0.4) is 0 Å². The number of carbonyl (C=O) groups excluding carboxylic acids is 1. The van der Waals surface area contributed by atoms with Crippen molar-refractivity contribution in [3.8, 4) is 0 Å². The molecule has 1 aromatic carbocycles. The fourth-order valence-electron chi connectivity index (χ4n) is 1.14. The summed E-state index contributed by atoms with van der Waals surface area (Å²) < 4.78 is 17.4. The minimum atomic E-state index is -0.500. The molecule has 0 aliphatic rings. The van der Waals surface area contributed by atoms with Crippen molar-refractivity contribution in [2.45, 2.75) is 13.8 Å². The summed E-state index contributed by atoms with van der Waals surface area (Å²) in [6, 6.07) is 2.58. The molecule has 0 aliphatic heterocycles. The molecule has 0 saturated carbocycles. The molecule has 70 valence electrons. The molecule has 0 amide bonds. The van der Waals surface area contributed by atoms with Gasteiger partial charge in [0.05, 0.1) is 12.7 Å². The number of ether oxygens (including phenoxy) is 1. The predicted molar refractivity (Wildman–Crippen MR) is 47.2 cm³/mol. The Balaban J connectivity index is 3.28. The second-order valence-electron chi connectivity index (χ2n) is 2.89. The summed E-state index contributed by atoms with van der Waals surface area (Å²) in [6.45, 7) is 3.52. The Morgan fingerprint density at radius 2 is 2.00 bits per heavy atom. The van der Waals surface area contributed by atoms with Crippen molar-refractivity contribution in [3.63, 3.8) is 0 Å². The van der Waals surface area contributed by atoms with Crippen molar-refractivity contribution >= 4 is 5.97 Å². The molecule has 0 unspecified atom stereocenters. The number of hydrogen-bond donors (Lipinski definition) is 0. The first-order valence-electron chi connectivity index (χ1n) is 3.91. The monoisotopic (exact) mass is 182 g/mol. The van der Waals surface area contributed by atoms with Crippen LogP contribution in [0.15, 0.2) is 12.1 Å². The van der Waals surface area contributed by atoms with Crippen LogP contribution in [0.5, 0.6) is 0 Å². The van der Waals surface area contributed by atoms with Gasteiger partial charge >= 0.3 is 5.97 Å². The van der Waals surface area contributed by atoms with E-state index in [-0.39, 0.29) is 0 Å². The lowest BCUT2D eigenvalue weighted by molar-refractivity contribution is 0.0599. The zero-order chi connectivity index (χ0) is 10.0. The van der Waals surface area contributed by atoms with E-state index in [4.69, 9.17) is 0 Å². The van der Waals surface area contributed by atoms with Gasteiger partial charge in [0.25, 0.3) is 0 Å². The highest BCUT2D eigenvalue weighted by Gasteiger charge is 2.11. The molecular weight excluding hydrogens is 171 g/mol. The summed E-state index contributed by atoms with van der Waals surface area (Å²) in [5, 5.41) is 0. The van der Waals surface area contributed by atoms with E-state index in [1.807, 2.05) is 0 Å². The van der Waals surface area contributed by atoms with Crippen molar-refractivity contribution in [1.82, 2.24) is 0 Å². The number of hydrogen-bond acceptors (Lipinski definition) is 2. The molecule has 0 aliphatic carbocycles. The minimum Gasteiger partial charge on any atom is -0.465 e. The molecule has 0 fully saturated rings. The highest BCUT2D eigenvalue weighted by molar-refractivity contribution is 5.91. The Morgan fingerprint density at radius 1 is 1.38 bits per heavy atom. The summed E-state index contributed by atoms with van der Waals surface area (Å²) in [7, 11) is 1.28. The number of methoxy groups -OCH3 is 1. The fourth-order valence-corrected chi connectivity index (χ4v) is 1.14. The second-order valence-corrected chi connectivity index (χ2v) is 2.89. The average Bonchev–Trinajstić information content (AvgIpc) is 2.10. The van der Waals surface area contributed by atoms with E-state index < -0.39 is 11.8 Å². The third-order valence-corrected chi connectivity index (χ3v) is 2.04. The lowest BCUT2D eigenvalue weighted by atomic mass is 10.0. The maximum Gasteiger partial charge on any atom is 0.338 e. The van der Waals surface area contributed by atoms with Gasteiger partial charge in [-0.15, -0.1) is 0 Å². The second kappa shape index (κ2) is 3.56. The van der Waals surface area contributed by atoms with E-state index in [0.29, 0.717) is 5.56 Å². The number of esters is 1. The molecule has 0 spiro atoms. The van der Waals surface area contributed by atoms with Gasteiger partial charge in [-0.25, -0.2) is 9.18 Å². The van der Waals surface area contributed by atoms with Crippen molar-refractivity contribution < 1.29 is 13.9 Å². The molecule has 2 nitrogen and oxygen atoms in total. The number of benzene rings is 1. The van der Waals surface area contributed by atoms with Gasteiger partial charge in [-0.05, 0) is 37.1 Å². The Kier molecular flexibility index (Phi) is 2.66. The molecule has 0 bridgehead atoms. The minimum absolute atomic E-state index is 0.292. The predicted octanol–water partition coefficient (Wildman–Crippen LogP) is 2.23. The third kappa shape index (κ3) is 1.86. The number of carbonyl (C=O) groups is 1. The van der Waals surface area contributed by atoms with Gasteiger partial charge in [0, 0.05) is 0 Å². The number of halogens is 1. The summed E-state index contributed by atoms with van der Waals surface area (Å²) >= 11 is 0. The van der Waals surface area contributed by atoms with Gasteiger partial charge in [-0.2, -0.15) is 0 Å². The largest absolute Gasteiger partial charge is 0.465 e. The van der Waals surface area contributed by atoms with E-state index in [2.05, 4.69) is 4.74 Å². The molecule has 13 heavy (non-hydrogen) atoms. The normalized spacial score (nSPS) is 9.85. The number of rotatable bonds is 1. The molecular formula is C10H11FO2. The summed E-state index contributed by atoms with van der Waals surface area (Å²) in [4.78, 5) is 11.1. The SMILES string of the molecule is COC(=O)c1cc(F)cc(C)c1C. The van der Waals surface area contributed by atoms with Crippen LogP contribution in [0.25, 0.3) is 0 Å². The molecule has 1 aromatic rings. The van der Waals surface area contributed by atoms with Crippen LogP contribution >= 0.6 is 0 Å². The Hall–Kier alpha value is -1.38. The quantitative estimate of drug-likeness (QED) is 0.622. The van der Waals surface area contributed by atoms with Crippen LogP contribution in [0.2, 0.25) is 0 Å². The summed E-state index contributed by atoms with van der Waals surface area (Å²) in [5.74, 6) is -0.913. The Bertz CT molecular complexity index is 345. The van der Waals surface area contributed by atoms with E-state index in [1.54, 1.807) is 13.8 Å². The zero-order valence-electron chi connectivity index (χ0n) is 7.85. The standard InChI is InChI=1S/C10H11FO2/c1-6-4-8(11)5-9(7(6)2)10(12)13-3/h4-5H,1-3H3. The lowest BCUT2D eigenvalue weighted by Gasteiger charge is -2.06. The topological polar surface area (TPSA) is 26.3 Å². The maximum atomic E-state index is 12.9. The molecule has 0 radical (unpaired) electrons. The third-order valence-electron chi connectivity index (χ3n) is 2.04. The number of aryl methyl sites for hydroxylation is 1. The smallest absolute Gasteiger partial charge is 0.338 e. The van der Waals surface area contributed by atoms with Gasteiger partial charge in [0.1, 0.15) is 5.82 Å². The highest BCUT2D eigenvalue weighted by Crippen LogP contribution is 2.16. The Morgan fingerprint density at radius 3 is 2.54 bits per heavy atom. The average molecular weight is 182 g/mol. The van der Waals surface area contributed by atoms with Crippen LogP contribution in [0, 0.1) is 19.7 Å². The molecule has 0 aromatic heterocycles. The van der Waals surface area contributed by atoms with Crippen LogP contribution in [-0.4, -0.2) is 13.1 Å². The first kappa shape index (κ1) is 9.71. The molecule has 1 rings (SSSR count). The molecule has 0 N–H and O–H groups in total. The van der Waals surface area contributed by atoms with Crippen LogP contribution in [0.4, 0.5) is 4.39 Å². The van der Waals surface area contributed by atoms with Crippen molar-refractivity contribution in [1.29, 1.82) is 0 Å². The van der Waals surface area contributed by atoms with Crippen molar-refractivity contribution in [2.75, 3.05) is 7.11 Å². The van der Waals surface area contributed by atoms with Crippen LogP contribution < -0.4 is 0 Å². The molecule has 0 saturated heterocycles. The summed E-state index contributed by atoms with van der Waals surface area (Å²) in [6.07, 6.45) is 0. The van der Waals surface area contributed by atoms with E-state index in [0.717, 1.165) is 11.1 Å². The van der Waals surface area contributed by atoms with Gasteiger partial charge in [0.15, 0.2) is 0 Å². The fraction of sp³-hybridized carbons (Fsp3) is 0.300. The first-order chi connectivity index (χ1) is 6.06. The van der Waals surface area contributed by atoms with Crippen LogP contribution in [-0.2, 0) is 4.74 Å². The van der Waals surface area contributed by atoms with Crippen LogP contribution in [0.1, 0.15) is 21.5 Å². The van der Waals surface area contributed by atoms with Gasteiger partial charge < -0.3 is 4.74 Å². The molecule has 3 heteroatoms. The van der Waals surface area contributed by atoms with E-state index in [9.17, 15) is 9.18 Å². The highest BCUT2D eigenvalue weighted by atomic mass is 19.1. The van der Waals surface area contributed by atoms with Crippen molar-refractivity contribution in [3.05, 3.63) is 34.6 Å². The van der Waals surface area contributed by atoms with Gasteiger partial charge in [-0.1, -0.05) is 0 Å². The van der Waals surface area contributed by atoms with E-state index >= 15 is 0 Å². The first-order valence-corrected chi connectivity index (χ1v) is 3.91. The van der Waals surface area contributed by atoms with Gasteiger partial charge in [0.2, 0.25) is 0 Å². The zero-order valence-corrected chi connectivity index (χ0v) is 7.85. The summed E-state index contributed by atoms with van der Waals surface area (Å²) in [5.41, 5.74) is 1.80. The van der Waals surface area contributed by atoms with E-state index in [1.165, 1.54) is 19.2 Å². The maximum absolute atomic E-state index is 12.9.